The van der Waals surface area contributed by atoms with Gasteiger partial charge in [0, 0.05) is 19.3 Å². The molecular formula is C59H110O6. The lowest BCUT2D eigenvalue weighted by atomic mass is 10.0. The third kappa shape index (κ3) is 52.7. The van der Waals surface area contributed by atoms with Crippen molar-refractivity contribution in [3.63, 3.8) is 0 Å². The maximum atomic E-state index is 12.8. The van der Waals surface area contributed by atoms with Gasteiger partial charge in [0.2, 0.25) is 0 Å². The summed E-state index contributed by atoms with van der Waals surface area (Å²) < 4.78 is 16.8. The van der Waals surface area contributed by atoms with E-state index < -0.39 is 6.10 Å². The zero-order chi connectivity index (χ0) is 47.2. The molecule has 0 aromatic heterocycles. The Morgan fingerprint density at radius 1 is 0.292 bits per heavy atom. The van der Waals surface area contributed by atoms with Gasteiger partial charge in [0.1, 0.15) is 13.2 Å². The number of hydrogen-bond acceptors (Lipinski definition) is 6. The van der Waals surface area contributed by atoms with Crippen LogP contribution in [-0.2, 0) is 28.6 Å². The molecule has 0 aliphatic rings. The summed E-state index contributed by atoms with van der Waals surface area (Å²) in [6, 6.07) is 0. The Bertz CT molecular complexity index is 1050. The van der Waals surface area contributed by atoms with Gasteiger partial charge in [-0.05, 0) is 70.6 Å². The molecular weight excluding hydrogens is 805 g/mol. The summed E-state index contributed by atoms with van der Waals surface area (Å²) in [5, 5.41) is 0. The molecule has 0 aromatic carbocycles. The predicted octanol–water partition coefficient (Wildman–Crippen LogP) is 19.1. The molecule has 0 aliphatic heterocycles. The molecule has 0 radical (unpaired) electrons. The summed E-state index contributed by atoms with van der Waals surface area (Å²) in [5.41, 5.74) is 0. The Hall–Kier alpha value is -2.11. The lowest BCUT2D eigenvalue weighted by molar-refractivity contribution is -0.167. The molecule has 0 aromatic rings. The van der Waals surface area contributed by atoms with Crippen LogP contribution in [0.3, 0.4) is 0 Å². The predicted molar refractivity (Wildman–Crippen MR) is 279 cm³/mol. The van der Waals surface area contributed by atoms with Gasteiger partial charge in [-0.2, -0.15) is 0 Å². The number of esters is 3. The fourth-order valence-electron chi connectivity index (χ4n) is 8.55. The molecule has 0 spiro atoms. The van der Waals surface area contributed by atoms with E-state index >= 15 is 0 Å². The molecule has 0 amide bonds. The van der Waals surface area contributed by atoms with E-state index in [2.05, 4.69) is 45.1 Å². The quantitative estimate of drug-likeness (QED) is 0.0262. The second-order valence-electron chi connectivity index (χ2n) is 19.6. The van der Waals surface area contributed by atoms with Crippen molar-refractivity contribution in [2.24, 2.45) is 0 Å². The number of hydrogen-bond donors (Lipinski definition) is 0. The van der Waals surface area contributed by atoms with Gasteiger partial charge in [-0.25, -0.2) is 0 Å². The third-order valence-corrected chi connectivity index (χ3v) is 12.9. The zero-order valence-electron chi connectivity index (χ0n) is 43.8. The summed E-state index contributed by atoms with van der Waals surface area (Å²) in [4.78, 5) is 38.1. The normalized spacial score (nSPS) is 12.1. The molecule has 0 bridgehead atoms. The standard InChI is InChI=1S/C59H110O6/c1-4-7-10-13-16-19-22-25-26-27-28-29-30-31-32-35-37-40-43-46-49-52-58(61)64-55-56(65-59(62)53-50-47-44-41-38-34-24-21-18-15-12-9-6-3)54-63-57(60)51-48-45-42-39-36-33-23-20-17-14-11-8-5-2/h20-21,23-24,56H,4-19,22,25-55H2,1-3H3/b23-20-,24-21-/t56-/m1/s1. The average Bonchev–Trinajstić information content (AvgIpc) is 3.30. The molecule has 0 heterocycles. The first kappa shape index (κ1) is 62.9. The van der Waals surface area contributed by atoms with Crippen LogP contribution in [0.15, 0.2) is 24.3 Å². The number of carbonyl (C=O) groups excluding carboxylic acids is 3. The van der Waals surface area contributed by atoms with E-state index in [9.17, 15) is 14.4 Å². The van der Waals surface area contributed by atoms with Gasteiger partial charge in [-0.15, -0.1) is 0 Å². The fourth-order valence-corrected chi connectivity index (χ4v) is 8.55. The van der Waals surface area contributed by atoms with Gasteiger partial charge >= 0.3 is 17.9 Å². The van der Waals surface area contributed by atoms with E-state index in [1.165, 1.54) is 205 Å². The molecule has 382 valence electrons. The van der Waals surface area contributed by atoms with Gasteiger partial charge in [0.05, 0.1) is 0 Å². The van der Waals surface area contributed by atoms with Crippen LogP contribution in [0.5, 0.6) is 0 Å². The molecule has 65 heavy (non-hydrogen) atoms. The van der Waals surface area contributed by atoms with Gasteiger partial charge in [-0.1, -0.05) is 251 Å². The Morgan fingerprint density at radius 3 is 0.785 bits per heavy atom. The van der Waals surface area contributed by atoms with Crippen molar-refractivity contribution in [3.8, 4) is 0 Å². The second-order valence-corrected chi connectivity index (χ2v) is 19.6. The highest BCUT2D eigenvalue weighted by molar-refractivity contribution is 5.71. The first-order chi connectivity index (χ1) is 32.0. The number of carbonyl (C=O) groups is 3. The summed E-state index contributed by atoms with van der Waals surface area (Å²) >= 11 is 0. The van der Waals surface area contributed by atoms with Gasteiger partial charge < -0.3 is 14.2 Å². The van der Waals surface area contributed by atoms with Crippen molar-refractivity contribution in [1.29, 1.82) is 0 Å². The van der Waals surface area contributed by atoms with Crippen molar-refractivity contribution in [1.82, 2.24) is 0 Å². The molecule has 0 saturated heterocycles. The minimum Gasteiger partial charge on any atom is -0.462 e. The summed E-state index contributed by atoms with van der Waals surface area (Å²) in [6.45, 7) is 6.64. The zero-order valence-corrected chi connectivity index (χ0v) is 43.8. The van der Waals surface area contributed by atoms with Crippen LogP contribution in [0.2, 0.25) is 0 Å². The highest BCUT2D eigenvalue weighted by atomic mass is 16.6. The summed E-state index contributed by atoms with van der Waals surface area (Å²) in [5.74, 6) is -0.873. The molecule has 0 aliphatic carbocycles. The van der Waals surface area contributed by atoms with Gasteiger partial charge in [0.15, 0.2) is 6.10 Å². The largest absolute Gasteiger partial charge is 0.462 e. The number of ether oxygens (including phenoxy) is 3. The Morgan fingerprint density at radius 2 is 0.508 bits per heavy atom. The molecule has 1 atom stereocenters. The van der Waals surface area contributed by atoms with Crippen LogP contribution in [0, 0.1) is 0 Å². The maximum Gasteiger partial charge on any atom is 0.306 e. The molecule has 0 unspecified atom stereocenters. The van der Waals surface area contributed by atoms with E-state index in [4.69, 9.17) is 14.2 Å². The minimum atomic E-state index is -0.774. The maximum absolute atomic E-state index is 12.8. The minimum absolute atomic E-state index is 0.0730. The van der Waals surface area contributed by atoms with Crippen molar-refractivity contribution < 1.29 is 28.6 Å². The number of allylic oxidation sites excluding steroid dienone is 4. The van der Waals surface area contributed by atoms with Crippen LogP contribution < -0.4 is 0 Å². The Labute approximate surface area is 404 Å². The second kappa shape index (κ2) is 54.5. The Kier molecular flexibility index (Phi) is 52.7. The van der Waals surface area contributed by atoms with E-state index in [1.54, 1.807) is 0 Å². The highest BCUT2D eigenvalue weighted by Gasteiger charge is 2.19. The van der Waals surface area contributed by atoms with Crippen LogP contribution in [-0.4, -0.2) is 37.2 Å². The summed E-state index contributed by atoms with van der Waals surface area (Å²) in [6.07, 6.45) is 63.2. The molecule has 6 nitrogen and oxygen atoms in total. The van der Waals surface area contributed by atoms with Crippen molar-refractivity contribution in [2.75, 3.05) is 13.2 Å². The van der Waals surface area contributed by atoms with Crippen LogP contribution >= 0.6 is 0 Å². The molecule has 0 saturated carbocycles. The molecule has 0 rings (SSSR count). The Balaban J connectivity index is 4.26. The fraction of sp³-hybridized carbons (Fsp3) is 0.881. The van der Waals surface area contributed by atoms with E-state index in [-0.39, 0.29) is 31.1 Å². The van der Waals surface area contributed by atoms with Crippen LogP contribution in [0.1, 0.15) is 316 Å². The van der Waals surface area contributed by atoms with Crippen molar-refractivity contribution in [3.05, 3.63) is 24.3 Å². The lowest BCUT2D eigenvalue weighted by Crippen LogP contribution is -2.30. The number of rotatable bonds is 53. The molecule has 6 heteroatoms. The van der Waals surface area contributed by atoms with E-state index in [1.807, 2.05) is 0 Å². The first-order valence-electron chi connectivity index (χ1n) is 28.8. The monoisotopic (exact) mass is 915 g/mol. The topological polar surface area (TPSA) is 78.9 Å². The first-order valence-corrected chi connectivity index (χ1v) is 28.8. The smallest absolute Gasteiger partial charge is 0.306 e. The van der Waals surface area contributed by atoms with Gasteiger partial charge in [0.25, 0.3) is 0 Å². The SMILES string of the molecule is CCCCCC/C=C\CCCCCCCC(=O)OC[C@H](COC(=O)CCCCCCCCCCCCCCCCCCCCCCC)OC(=O)CCCCCCC/C=C\CCCCCC. The van der Waals surface area contributed by atoms with Gasteiger partial charge in [-0.3, -0.25) is 14.4 Å². The molecule has 0 fully saturated rings. The van der Waals surface area contributed by atoms with Crippen molar-refractivity contribution >= 4 is 17.9 Å². The average molecular weight is 916 g/mol. The van der Waals surface area contributed by atoms with Crippen LogP contribution in [0.25, 0.3) is 0 Å². The third-order valence-electron chi connectivity index (χ3n) is 12.9. The van der Waals surface area contributed by atoms with E-state index in [0.717, 1.165) is 70.6 Å². The highest BCUT2D eigenvalue weighted by Crippen LogP contribution is 2.17. The number of unbranched alkanes of at least 4 members (excludes halogenated alkanes) is 38. The van der Waals surface area contributed by atoms with E-state index in [0.29, 0.717) is 19.3 Å². The molecule has 0 N–H and O–H groups in total. The van der Waals surface area contributed by atoms with Crippen LogP contribution in [0.4, 0.5) is 0 Å². The van der Waals surface area contributed by atoms with Crippen molar-refractivity contribution in [2.45, 2.75) is 322 Å². The lowest BCUT2D eigenvalue weighted by Gasteiger charge is -2.18. The summed E-state index contributed by atoms with van der Waals surface area (Å²) in [7, 11) is 0.